The van der Waals surface area contributed by atoms with Crippen molar-refractivity contribution in [3.05, 3.63) is 51.4 Å². The molecule has 0 amide bonds. The molecule has 0 aliphatic heterocycles. The van der Waals surface area contributed by atoms with E-state index in [-0.39, 0.29) is 0 Å². The summed E-state index contributed by atoms with van der Waals surface area (Å²) in [4.78, 5) is 0. The molecule has 5 heteroatoms. The Hall–Kier alpha value is -1.16. The average Bonchev–Trinajstić information content (AvgIpc) is 2.79. The molecule has 3 nitrogen and oxygen atoms in total. The molecule has 2 rings (SSSR count). The van der Waals surface area contributed by atoms with E-state index in [2.05, 4.69) is 12.2 Å². The lowest BCUT2D eigenvalue weighted by Gasteiger charge is -2.06. The van der Waals surface area contributed by atoms with E-state index in [9.17, 15) is 0 Å². The van der Waals surface area contributed by atoms with Crippen LogP contribution in [0.15, 0.2) is 28.7 Å². The van der Waals surface area contributed by atoms with Gasteiger partial charge in [-0.05, 0) is 49.7 Å². The maximum Gasteiger partial charge on any atom is 0.146 e. The Bertz CT molecular complexity index is 596. The first-order valence-corrected chi connectivity index (χ1v) is 7.72. The first kappa shape index (κ1) is 16.2. The van der Waals surface area contributed by atoms with E-state index >= 15 is 0 Å². The van der Waals surface area contributed by atoms with Gasteiger partial charge in [0.2, 0.25) is 0 Å². The van der Waals surface area contributed by atoms with Crippen LogP contribution in [0.4, 0.5) is 0 Å². The standard InChI is InChI=1S/C16H19Cl2NO2/c1-3-6-19-9-16-11(2)7-13(21-16)10-20-15-5-4-12(17)8-14(15)18/h4-5,7-8,19H,3,6,9-10H2,1-2H3. The van der Waals surface area contributed by atoms with E-state index in [0.29, 0.717) is 22.4 Å². The maximum absolute atomic E-state index is 6.07. The van der Waals surface area contributed by atoms with Gasteiger partial charge in [-0.25, -0.2) is 0 Å². The van der Waals surface area contributed by atoms with Gasteiger partial charge in [-0.2, -0.15) is 0 Å². The van der Waals surface area contributed by atoms with E-state index in [4.69, 9.17) is 32.4 Å². The Morgan fingerprint density at radius 2 is 2.05 bits per heavy atom. The first-order valence-electron chi connectivity index (χ1n) is 6.97. The van der Waals surface area contributed by atoms with Crippen molar-refractivity contribution in [2.45, 2.75) is 33.4 Å². The number of benzene rings is 1. The third-order valence-electron chi connectivity index (χ3n) is 3.05. The predicted octanol–water partition coefficient (Wildman–Crippen LogP) is 4.97. The van der Waals surface area contributed by atoms with Crippen LogP contribution < -0.4 is 10.1 Å². The quantitative estimate of drug-likeness (QED) is 0.729. The highest BCUT2D eigenvalue weighted by molar-refractivity contribution is 6.35. The summed E-state index contributed by atoms with van der Waals surface area (Å²) in [7, 11) is 0. The Balaban J connectivity index is 1.95. The lowest BCUT2D eigenvalue weighted by molar-refractivity contribution is 0.265. The molecular formula is C16H19Cl2NO2. The largest absolute Gasteiger partial charge is 0.484 e. The van der Waals surface area contributed by atoms with Crippen LogP contribution in [0.5, 0.6) is 5.75 Å². The van der Waals surface area contributed by atoms with Gasteiger partial charge in [0.15, 0.2) is 0 Å². The molecule has 1 heterocycles. The minimum Gasteiger partial charge on any atom is -0.484 e. The number of hydrogen-bond acceptors (Lipinski definition) is 3. The van der Waals surface area contributed by atoms with Gasteiger partial charge < -0.3 is 14.5 Å². The lowest BCUT2D eigenvalue weighted by Crippen LogP contribution is -2.13. The second-order valence-corrected chi connectivity index (χ2v) is 5.70. The van der Waals surface area contributed by atoms with Crippen molar-refractivity contribution in [1.82, 2.24) is 5.32 Å². The van der Waals surface area contributed by atoms with Crippen molar-refractivity contribution >= 4 is 23.2 Å². The Labute approximate surface area is 135 Å². The number of nitrogens with one attached hydrogen (secondary N) is 1. The zero-order valence-corrected chi connectivity index (χ0v) is 13.7. The minimum atomic E-state index is 0.343. The van der Waals surface area contributed by atoms with Gasteiger partial charge in [0.25, 0.3) is 0 Å². The summed E-state index contributed by atoms with van der Waals surface area (Å²) >= 11 is 11.9. The van der Waals surface area contributed by atoms with E-state index in [1.54, 1.807) is 18.2 Å². The van der Waals surface area contributed by atoms with Crippen LogP contribution >= 0.6 is 23.2 Å². The van der Waals surface area contributed by atoms with Gasteiger partial charge in [0.05, 0.1) is 11.6 Å². The van der Waals surface area contributed by atoms with Crippen LogP contribution in [0.25, 0.3) is 0 Å². The smallest absolute Gasteiger partial charge is 0.146 e. The highest BCUT2D eigenvalue weighted by atomic mass is 35.5. The summed E-state index contributed by atoms with van der Waals surface area (Å²) in [5.74, 6) is 2.33. The molecule has 0 saturated carbocycles. The maximum atomic E-state index is 6.07. The molecule has 0 spiro atoms. The summed E-state index contributed by atoms with van der Waals surface area (Å²) in [6, 6.07) is 7.15. The summed E-state index contributed by atoms with van der Waals surface area (Å²) in [6.07, 6.45) is 1.10. The molecule has 0 aliphatic rings. The van der Waals surface area contributed by atoms with Gasteiger partial charge in [-0.3, -0.25) is 0 Å². The van der Waals surface area contributed by atoms with Gasteiger partial charge in [-0.15, -0.1) is 0 Å². The third kappa shape index (κ3) is 4.67. The van der Waals surface area contributed by atoms with E-state index in [1.165, 1.54) is 0 Å². The summed E-state index contributed by atoms with van der Waals surface area (Å²) in [5, 5.41) is 4.41. The number of ether oxygens (including phenoxy) is 1. The molecule has 0 unspecified atom stereocenters. The zero-order valence-electron chi connectivity index (χ0n) is 12.2. The van der Waals surface area contributed by atoms with Crippen LogP contribution in [0.1, 0.15) is 30.4 Å². The molecule has 0 fully saturated rings. The Morgan fingerprint density at radius 3 is 2.76 bits per heavy atom. The second kappa shape index (κ2) is 7.74. The fraction of sp³-hybridized carbons (Fsp3) is 0.375. The summed E-state index contributed by atoms with van der Waals surface area (Å²) < 4.78 is 11.5. The van der Waals surface area contributed by atoms with Crippen molar-refractivity contribution in [1.29, 1.82) is 0 Å². The van der Waals surface area contributed by atoms with Gasteiger partial charge in [0, 0.05) is 5.02 Å². The molecule has 1 aromatic heterocycles. The van der Waals surface area contributed by atoms with Crippen molar-refractivity contribution in [2.24, 2.45) is 0 Å². The van der Waals surface area contributed by atoms with E-state index in [0.717, 1.165) is 36.6 Å². The lowest BCUT2D eigenvalue weighted by atomic mass is 10.2. The number of rotatable bonds is 7. The van der Waals surface area contributed by atoms with Crippen molar-refractivity contribution in [2.75, 3.05) is 6.54 Å². The molecule has 0 saturated heterocycles. The monoisotopic (exact) mass is 327 g/mol. The Kier molecular flexibility index (Phi) is 5.97. The van der Waals surface area contributed by atoms with Crippen LogP contribution in [0.3, 0.4) is 0 Å². The first-order chi connectivity index (χ1) is 10.1. The molecule has 21 heavy (non-hydrogen) atoms. The zero-order chi connectivity index (χ0) is 15.2. The van der Waals surface area contributed by atoms with Crippen molar-refractivity contribution in [3.8, 4) is 5.75 Å². The summed E-state index contributed by atoms with van der Waals surface area (Å²) in [5.41, 5.74) is 1.12. The molecule has 114 valence electrons. The normalized spacial score (nSPS) is 10.9. The highest BCUT2D eigenvalue weighted by Crippen LogP contribution is 2.28. The third-order valence-corrected chi connectivity index (χ3v) is 3.58. The highest BCUT2D eigenvalue weighted by Gasteiger charge is 2.09. The predicted molar refractivity (Wildman–Crippen MR) is 86.2 cm³/mol. The average molecular weight is 328 g/mol. The summed E-state index contributed by atoms with van der Waals surface area (Å²) in [6.45, 7) is 6.23. The van der Waals surface area contributed by atoms with Gasteiger partial charge >= 0.3 is 0 Å². The molecule has 1 N–H and O–H groups in total. The number of halogens is 2. The molecule has 0 aliphatic carbocycles. The Morgan fingerprint density at radius 1 is 1.24 bits per heavy atom. The van der Waals surface area contributed by atoms with Gasteiger partial charge in [-0.1, -0.05) is 30.1 Å². The van der Waals surface area contributed by atoms with Crippen LogP contribution in [0, 0.1) is 6.92 Å². The molecule has 0 bridgehead atoms. The molecule has 1 aromatic carbocycles. The number of aryl methyl sites for hydroxylation is 1. The fourth-order valence-electron chi connectivity index (χ4n) is 1.96. The molecular weight excluding hydrogens is 309 g/mol. The molecule has 0 atom stereocenters. The SMILES string of the molecule is CCCNCc1oc(COc2ccc(Cl)cc2Cl)cc1C. The van der Waals surface area contributed by atoms with Crippen LogP contribution in [-0.4, -0.2) is 6.54 Å². The van der Waals surface area contributed by atoms with E-state index < -0.39 is 0 Å². The minimum absolute atomic E-state index is 0.343. The number of hydrogen-bond donors (Lipinski definition) is 1. The second-order valence-electron chi connectivity index (χ2n) is 4.86. The van der Waals surface area contributed by atoms with Crippen LogP contribution in [0.2, 0.25) is 10.0 Å². The molecule has 0 radical (unpaired) electrons. The number of furan rings is 1. The van der Waals surface area contributed by atoms with Crippen molar-refractivity contribution in [3.63, 3.8) is 0 Å². The fourth-order valence-corrected chi connectivity index (χ4v) is 2.42. The molecule has 2 aromatic rings. The van der Waals surface area contributed by atoms with Gasteiger partial charge in [0.1, 0.15) is 23.9 Å². The topological polar surface area (TPSA) is 34.4 Å². The van der Waals surface area contributed by atoms with Crippen molar-refractivity contribution < 1.29 is 9.15 Å². The van der Waals surface area contributed by atoms with Crippen LogP contribution in [-0.2, 0) is 13.2 Å². The van der Waals surface area contributed by atoms with E-state index in [1.807, 2.05) is 13.0 Å².